The Bertz CT molecular complexity index is 1500. The van der Waals surface area contributed by atoms with E-state index in [-0.39, 0.29) is 23.9 Å². The van der Waals surface area contributed by atoms with Gasteiger partial charge in [-0.15, -0.1) is 0 Å². The number of ether oxygens (including phenoxy) is 1. The summed E-state index contributed by atoms with van der Waals surface area (Å²) in [7, 11) is 4.00. The molecule has 0 bridgehead atoms. The van der Waals surface area contributed by atoms with E-state index in [4.69, 9.17) is 10.5 Å². The number of anilines is 1. The van der Waals surface area contributed by atoms with Crippen LogP contribution in [-0.2, 0) is 9.53 Å². The van der Waals surface area contributed by atoms with Gasteiger partial charge >= 0.3 is 5.97 Å². The maximum atomic E-state index is 13.5. The van der Waals surface area contributed by atoms with Crippen molar-refractivity contribution in [2.45, 2.75) is 58.1 Å². The van der Waals surface area contributed by atoms with Gasteiger partial charge in [-0.05, 0) is 93.3 Å². The molecule has 2 aliphatic carbocycles. The Labute approximate surface area is 273 Å². The van der Waals surface area contributed by atoms with Gasteiger partial charge < -0.3 is 30.9 Å². The molecule has 246 valence electrons. The largest absolute Gasteiger partial charge is 0.423 e. The summed E-state index contributed by atoms with van der Waals surface area (Å²) in [4.78, 5) is 24.5. The second-order valence-electron chi connectivity index (χ2n) is 13.9. The van der Waals surface area contributed by atoms with E-state index in [1.807, 2.05) is 75.6 Å². The highest BCUT2D eigenvalue weighted by Gasteiger charge is 2.58. The zero-order chi connectivity index (χ0) is 33.1. The summed E-state index contributed by atoms with van der Waals surface area (Å²) >= 11 is 0. The zero-order valence-corrected chi connectivity index (χ0v) is 27.6. The Morgan fingerprint density at radius 3 is 2.67 bits per heavy atom. The molecule has 2 heterocycles. The summed E-state index contributed by atoms with van der Waals surface area (Å²) in [5.74, 6) is 1.41. The number of aliphatic hydroxyl groups is 2. The fraction of sp³-hybridized carbons (Fsp3) is 0.486. The van der Waals surface area contributed by atoms with Crippen LogP contribution in [0.4, 0.5) is 5.82 Å². The molecule has 1 aromatic heterocycles. The van der Waals surface area contributed by atoms with Gasteiger partial charge in [0.15, 0.2) is 0 Å². The molecule has 9 nitrogen and oxygen atoms in total. The van der Waals surface area contributed by atoms with Crippen molar-refractivity contribution in [2.75, 3.05) is 39.1 Å². The van der Waals surface area contributed by atoms with Crippen LogP contribution < -0.4 is 11.1 Å². The Balaban J connectivity index is 1.42. The number of carbonyl (C=O) groups is 1. The Morgan fingerprint density at radius 2 is 2.00 bits per heavy atom. The van der Waals surface area contributed by atoms with Crippen LogP contribution in [0.3, 0.4) is 0 Å². The smallest absolute Gasteiger partial charge is 0.341 e. The number of nitrogens with one attached hydrogen (secondary N) is 1. The third-order valence-corrected chi connectivity index (χ3v) is 10.6. The van der Waals surface area contributed by atoms with Gasteiger partial charge in [-0.1, -0.05) is 56.3 Å². The molecule has 0 amide bonds. The van der Waals surface area contributed by atoms with E-state index in [0.29, 0.717) is 42.4 Å². The van der Waals surface area contributed by atoms with Crippen molar-refractivity contribution in [1.82, 2.24) is 9.88 Å². The number of hydrogen-bond donors (Lipinski definition) is 4. The number of amidine groups is 1. The number of aliphatic hydroxyl groups excluding tert-OH is 2. The molecule has 3 unspecified atom stereocenters. The minimum Gasteiger partial charge on any atom is -0.423 e. The lowest BCUT2D eigenvalue weighted by Crippen LogP contribution is -2.58. The van der Waals surface area contributed by atoms with E-state index in [9.17, 15) is 15.0 Å². The first-order valence-electron chi connectivity index (χ1n) is 16.3. The topological polar surface area (TPSA) is 133 Å². The van der Waals surface area contributed by atoms with E-state index < -0.39 is 23.5 Å². The number of cyclic esters (lactones) is 1. The Hall–Kier alpha value is -3.79. The predicted octanol–water partition coefficient (Wildman–Crippen LogP) is 4.79. The van der Waals surface area contributed by atoms with Gasteiger partial charge in [-0.2, -0.15) is 0 Å². The van der Waals surface area contributed by atoms with E-state index in [1.165, 1.54) is 0 Å². The van der Waals surface area contributed by atoms with Gasteiger partial charge in [0.05, 0.1) is 30.9 Å². The van der Waals surface area contributed by atoms with Crippen molar-refractivity contribution < 1.29 is 19.7 Å². The zero-order valence-electron chi connectivity index (χ0n) is 27.6. The number of hydrogen-bond acceptors (Lipinski definition) is 8. The SMILES string of the molecule is C=C1CCC2[C@](C)(CC[C@@H](O)[C@@]2(C)CO)C1CC(Nc1ccccn1)C1=C/C(=C\c2ccc(C(N)=NCCN(C)C)cc2)OC1=O. The molecule has 2 aromatic rings. The molecule has 1 aromatic carbocycles. The summed E-state index contributed by atoms with van der Waals surface area (Å²) in [6.07, 6.45) is 8.59. The van der Waals surface area contributed by atoms with Crippen LogP contribution >= 0.6 is 0 Å². The number of nitrogens with two attached hydrogens (primary N) is 1. The van der Waals surface area contributed by atoms with Crippen LogP contribution in [0.15, 0.2) is 83.2 Å². The molecule has 0 saturated heterocycles. The van der Waals surface area contributed by atoms with Crippen LogP contribution in [0.2, 0.25) is 0 Å². The lowest BCUT2D eigenvalue weighted by Gasteiger charge is -2.60. The van der Waals surface area contributed by atoms with E-state index in [1.54, 1.807) is 6.20 Å². The molecule has 5 N–H and O–H groups in total. The highest BCUT2D eigenvalue weighted by molar-refractivity contribution is 5.98. The first-order chi connectivity index (χ1) is 21.9. The van der Waals surface area contributed by atoms with Crippen LogP contribution in [0.5, 0.6) is 0 Å². The number of aromatic nitrogens is 1. The molecule has 2 fully saturated rings. The maximum Gasteiger partial charge on any atom is 0.341 e. The lowest BCUT2D eigenvalue weighted by atomic mass is 9.46. The molecular formula is C37H49N5O4. The normalized spacial score (nSPS) is 29.8. The van der Waals surface area contributed by atoms with Gasteiger partial charge in [0.25, 0.3) is 0 Å². The monoisotopic (exact) mass is 627 g/mol. The number of allylic oxidation sites excluding steroid dienone is 2. The number of aliphatic imine (C=N–C) groups is 1. The van der Waals surface area contributed by atoms with Crippen molar-refractivity contribution in [2.24, 2.45) is 33.4 Å². The van der Waals surface area contributed by atoms with Gasteiger partial charge in [0.1, 0.15) is 17.4 Å². The van der Waals surface area contributed by atoms with Crippen LogP contribution in [0.25, 0.3) is 6.08 Å². The number of benzene rings is 1. The van der Waals surface area contributed by atoms with E-state index in [2.05, 4.69) is 33.7 Å². The van der Waals surface area contributed by atoms with Crippen molar-refractivity contribution in [3.8, 4) is 0 Å². The second-order valence-corrected chi connectivity index (χ2v) is 13.9. The van der Waals surface area contributed by atoms with Crippen LogP contribution in [0.1, 0.15) is 57.1 Å². The maximum absolute atomic E-state index is 13.5. The van der Waals surface area contributed by atoms with Crippen molar-refractivity contribution in [3.05, 3.63) is 89.3 Å². The molecule has 6 atom stereocenters. The van der Waals surface area contributed by atoms with Gasteiger partial charge in [-0.25, -0.2) is 9.78 Å². The second kappa shape index (κ2) is 13.9. The molecule has 3 aliphatic rings. The summed E-state index contributed by atoms with van der Waals surface area (Å²) in [5, 5.41) is 25.0. The fourth-order valence-corrected chi connectivity index (χ4v) is 7.86. The molecule has 1 aliphatic heterocycles. The molecule has 0 spiro atoms. The predicted molar refractivity (Wildman–Crippen MR) is 183 cm³/mol. The summed E-state index contributed by atoms with van der Waals surface area (Å²) in [5.41, 5.74) is 8.80. The molecule has 46 heavy (non-hydrogen) atoms. The standard InChI is InChI=1S/C37H49N5O4/c1-24-9-14-31-36(2,16-15-32(44)37(31,3)23-43)29(24)22-30(41-33-8-6-7-17-39-33)28-21-27(46-35(28)45)20-25-10-12-26(13-11-25)34(38)40-18-19-42(4)5/h6-8,10-13,17,20-21,29-32,43-44H,1,9,14-16,18-19,22-23H2,2-5H3,(H2,38,40)(H,39,41)/b27-20+/t29?,30?,31?,32-,36-,37+/m1/s1. The number of pyridine rings is 1. The average molecular weight is 628 g/mol. The highest BCUT2D eigenvalue weighted by atomic mass is 16.5. The first kappa shape index (κ1) is 33.6. The molecule has 2 saturated carbocycles. The van der Waals surface area contributed by atoms with Gasteiger partial charge in [-0.3, -0.25) is 4.99 Å². The molecule has 5 rings (SSSR count). The molecular weight excluding hydrogens is 578 g/mol. The van der Waals surface area contributed by atoms with Gasteiger partial charge in [0, 0.05) is 23.7 Å². The quantitative estimate of drug-likeness (QED) is 0.121. The number of likely N-dealkylation sites (N-methyl/N-ethyl adjacent to an activating group) is 1. The summed E-state index contributed by atoms with van der Waals surface area (Å²) in [6, 6.07) is 13.0. The minimum atomic E-state index is -0.588. The lowest BCUT2D eigenvalue weighted by molar-refractivity contribution is -0.152. The highest BCUT2D eigenvalue weighted by Crippen LogP contribution is 2.62. The third-order valence-electron chi connectivity index (χ3n) is 10.6. The minimum absolute atomic E-state index is 0.0601. The Kier molecular flexibility index (Phi) is 10.2. The first-order valence-corrected chi connectivity index (χ1v) is 16.3. The van der Waals surface area contributed by atoms with Crippen LogP contribution in [-0.4, -0.2) is 77.8 Å². The summed E-state index contributed by atoms with van der Waals surface area (Å²) in [6.45, 7) is 10.2. The number of rotatable bonds is 11. The number of nitrogens with zero attached hydrogens (tertiary/aromatic N) is 3. The van der Waals surface area contributed by atoms with Gasteiger partial charge in [0.2, 0.25) is 0 Å². The fourth-order valence-electron chi connectivity index (χ4n) is 7.86. The number of carbonyl (C=O) groups excluding carboxylic acids is 1. The average Bonchev–Trinajstić information content (AvgIpc) is 3.40. The molecule has 9 heteroatoms. The summed E-state index contributed by atoms with van der Waals surface area (Å²) < 4.78 is 5.79. The van der Waals surface area contributed by atoms with Crippen molar-refractivity contribution >= 4 is 23.7 Å². The van der Waals surface area contributed by atoms with E-state index >= 15 is 0 Å². The Morgan fingerprint density at radius 1 is 1.24 bits per heavy atom. The molecule has 0 radical (unpaired) electrons. The van der Waals surface area contributed by atoms with Crippen LogP contribution in [0, 0.1) is 22.7 Å². The number of fused-ring (bicyclic) bond motifs is 1. The van der Waals surface area contributed by atoms with Crippen molar-refractivity contribution in [1.29, 1.82) is 0 Å². The van der Waals surface area contributed by atoms with Crippen molar-refractivity contribution in [3.63, 3.8) is 0 Å². The number of esters is 1. The third kappa shape index (κ3) is 6.97. The van der Waals surface area contributed by atoms with E-state index in [0.717, 1.165) is 42.5 Å².